The van der Waals surface area contributed by atoms with E-state index in [0.717, 1.165) is 5.56 Å². The number of esters is 1. The van der Waals surface area contributed by atoms with Crippen molar-refractivity contribution >= 4 is 40.8 Å². The van der Waals surface area contributed by atoms with Gasteiger partial charge in [0.1, 0.15) is 0 Å². The van der Waals surface area contributed by atoms with Crippen LogP contribution in [0.5, 0.6) is 11.5 Å². The number of amides is 1. The average molecular weight is 396 g/mol. The third-order valence-electron chi connectivity index (χ3n) is 4.19. The van der Waals surface area contributed by atoms with Crippen molar-refractivity contribution in [2.45, 2.75) is 0 Å². The van der Waals surface area contributed by atoms with Crippen LogP contribution in [0.3, 0.4) is 0 Å². The number of carbonyl (C=O) groups excluding carboxylic acids is 2. The predicted octanol–water partition coefficient (Wildman–Crippen LogP) is 4.65. The van der Waals surface area contributed by atoms with Crippen molar-refractivity contribution in [2.75, 3.05) is 12.4 Å². The molecule has 0 atom stereocenters. The third kappa shape index (κ3) is 3.37. The lowest BCUT2D eigenvalue weighted by Crippen LogP contribution is -2.08. The Morgan fingerprint density at radius 1 is 1.14 bits per heavy atom. The van der Waals surface area contributed by atoms with E-state index < -0.39 is 5.97 Å². The highest BCUT2D eigenvalue weighted by atomic mass is 35.5. The van der Waals surface area contributed by atoms with Crippen LogP contribution >= 0.6 is 11.6 Å². The maximum Gasteiger partial charge on any atom is 0.379 e. The molecule has 0 unspecified atom stereocenters. The number of benzene rings is 2. The molecule has 140 valence electrons. The first-order valence-electron chi connectivity index (χ1n) is 8.32. The molecule has 0 spiro atoms. The van der Waals surface area contributed by atoms with Crippen LogP contribution in [0.15, 0.2) is 59.2 Å². The van der Waals surface area contributed by atoms with E-state index in [1.54, 1.807) is 48.5 Å². The second-order valence-electron chi connectivity index (χ2n) is 5.98. The molecular formula is C21H14ClNO5. The van der Waals surface area contributed by atoms with Gasteiger partial charge in [-0.2, -0.15) is 0 Å². The molecular weight excluding hydrogens is 382 g/mol. The second-order valence-corrected chi connectivity index (χ2v) is 6.42. The van der Waals surface area contributed by atoms with Crippen LogP contribution in [0.25, 0.3) is 11.6 Å². The Kier molecular flexibility index (Phi) is 4.63. The Labute approximate surface area is 165 Å². The van der Waals surface area contributed by atoms with Crippen molar-refractivity contribution in [3.05, 3.63) is 76.7 Å². The molecule has 4 rings (SSSR count). The predicted molar refractivity (Wildman–Crippen MR) is 105 cm³/mol. The fraction of sp³-hybridized carbons (Fsp3) is 0.0476. The van der Waals surface area contributed by atoms with Gasteiger partial charge < -0.3 is 19.2 Å². The normalized spacial score (nSPS) is 13.9. The number of anilines is 1. The van der Waals surface area contributed by atoms with E-state index in [1.807, 2.05) is 0 Å². The highest BCUT2D eigenvalue weighted by Crippen LogP contribution is 2.36. The molecule has 0 saturated heterocycles. The van der Waals surface area contributed by atoms with E-state index in [-0.39, 0.29) is 17.4 Å². The number of halogens is 1. The fourth-order valence-electron chi connectivity index (χ4n) is 2.88. The lowest BCUT2D eigenvalue weighted by Gasteiger charge is -2.09. The largest absolute Gasteiger partial charge is 0.493 e. The molecule has 7 heteroatoms. The number of hydrogen-bond acceptors (Lipinski definition) is 5. The number of methoxy groups -OCH3 is 1. The Hall–Kier alpha value is -3.51. The molecule has 3 aromatic rings. The van der Waals surface area contributed by atoms with E-state index in [0.29, 0.717) is 27.6 Å². The maximum absolute atomic E-state index is 12.3. The monoisotopic (exact) mass is 395 g/mol. The van der Waals surface area contributed by atoms with Crippen molar-refractivity contribution < 1.29 is 23.5 Å². The number of nitrogens with one attached hydrogen (secondary N) is 1. The van der Waals surface area contributed by atoms with Gasteiger partial charge in [-0.25, -0.2) is 4.79 Å². The van der Waals surface area contributed by atoms with Crippen molar-refractivity contribution in [3.63, 3.8) is 0 Å². The van der Waals surface area contributed by atoms with Crippen LogP contribution in [0, 0.1) is 0 Å². The average Bonchev–Trinajstić information content (AvgIpc) is 3.31. The Balaban J connectivity index is 1.64. The van der Waals surface area contributed by atoms with E-state index in [1.165, 1.54) is 19.4 Å². The van der Waals surface area contributed by atoms with Gasteiger partial charge in [0.2, 0.25) is 5.76 Å². The molecule has 0 fully saturated rings. The molecule has 6 nitrogen and oxygen atoms in total. The summed E-state index contributed by atoms with van der Waals surface area (Å²) in [5, 5.41) is 3.33. The van der Waals surface area contributed by atoms with E-state index in [9.17, 15) is 9.59 Å². The summed E-state index contributed by atoms with van der Waals surface area (Å²) in [5.41, 5.74) is 2.65. The van der Waals surface area contributed by atoms with E-state index >= 15 is 0 Å². The van der Waals surface area contributed by atoms with Crippen molar-refractivity contribution in [3.8, 4) is 11.5 Å². The molecule has 0 saturated carbocycles. The molecule has 28 heavy (non-hydrogen) atoms. The third-order valence-corrected chi connectivity index (χ3v) is 4.42. The summed E-state index contributed by atoms with van der Waals surface area (Å²) in [6.45, 7) is 0. The quantitative estimate of drug-likeness (QED) is 0.395. The van der Waals surface area contributed by atoms with Crippen molar-refractivity contribution in [2.24, 2.45) is 0 Å². The van der Waals surface area contributed by atoms with Gasteiger partial charge in [0.25, 0.3) is 5.91 Å². The molecule has 1 aliphatic heterocycles. The summed E-state index contributed by atoms with van der Waals surface area (Å²) < 4.78 is 15.7. The summed E-state index contributed by atoms with van der Waals surface area (Å²) in [4.78, 5) is 24.4. The number of rotatable bonds is 4. The zero-order chi connectivity index (χ0) is 19.7. The molecule has 1 amide bonds. The first-order chi connectivity index (χ1) is 13.5. The lowest BCUT2D eigenvalue weighted by atomic mass is 10.0. The number of furan rings is 1. The Bertz CT molecular complexity index is 1100. The van der Waals surface area contributed by atoms with E-state index in [2.05, 4.69) is 5.32 Å². The minimum absolute atomic E-state index is 0.0890. The topological polar surface area (TPSA) is 77.8 Å². The van der Waals surface area contributed by atoms with Crippen molar-refractivity contribution in [1.82, 2.24) is 0 Å². The van der Waals surface area contributed by atoms with Crippen LogP contribution in [-0.2, 0) is 4.79 Å². The zero-order valence-electron chi connectivity index (χ0n) is 14.7. The zero-order valence-corrected chi connectivity index (χ0v) is 15.4. The highest BCUT2D eigenvalue weighted by Gasteiger charge is 2.24. The Morgan fingerprint density at radius 3 is 2.75 bits per heavy atom. The highest BCUT2D eigenvalue weighted by molar-refractivity contribution is 6.36. The summed E-state index contributed by atoms with van der Waals surface area (Å²) in [5.74, 6) is -0.163. The number of fused-ring (bicyclic) bond motifs is 1. The number of hydrogen-bond donors (Lipinski definition) is 1. The van der Waals surface area contributed by atoms with Crippen LogP contribution in [0.2, 0.25) is 5.02 Å². The summed E-state index contributed by atoms with van der Waals surface area (Å²) >= 11 is 5.98. The van der Waals surface area contributed by atoms with Crippen LogP contribution in [0.4, 0.5) is 5.69 Å². The van der Waals surface area contributed by atoms with Gasteiger partial charge in [0.05, 0.1) is 19.1 Å². The molecule has 2 heterocycles. The minimum Gasteiger partial charge on any atom is -0.493 e. The Morgan fingerprint density at radius 2 is 2.00 bits per heavy atom. The van der Waals surface area contributed by atoms with Crippen LogP contribution in [0.1, 0.15) is 21.7 Å². The van der Waals surface area contributed by atoms with Crippen molar-refractivity contribution in [1.29, 1.82) is 0 Å². The van der Waals surface area contributed by atoms with E-state index in [4.69, 9.17) is 25.5 Å². The van der Waals surface area contributed by atoms with Gasteiger partial charge in [0, 0.05) is 16.2 Å². The fourth-order valence-corrected chi connectivity index (χ4v) is 3.05. The summed E-state index contributed by atoms with van der Waals surface area (Å²) in [6, 6.07) is 13.3. The molecule has 1 N–H and O–H groups in total. The SMILES string of the molecule is COc1cc(/C=C2\C(=O)Nc3cc(Cl)ccc32)ccc1OC(=O)c1ccco1. The maximum atomic E-state index is 12.3. The minimum atomic E-state index is -0.629. The van der Waals surface area contributed by atoms with Crippen LogP contribution < -0.4 is 14.8 Å². The molecule has 0 radical (unpaired) electrons. The summed E-state index contributed by atoms with van der Waals surface area (Å²) in [7, 11) is 1.47. The molecule has 0 bridgehead atoms. The van der Waals surface area contributed by atoms with Gasteiger partial charge >= 0.3 is 5.97 Å². The van der Waals surface area contributed by atoms with Crippen LogP contribution in [-0.4, -0.2) is 19.0 Å². The molecule has 2 aromatic carbocycles. The van der Waals surface area contributed by atoms with Gasteiger partial charge in [-0.3, -0.25) is 4.79 Å². The van der Waals surface area contributed by atoms with Gasteiger partial charge in [-0.1, -0.05) is 23.7 Å². The first-order valence-corrected chi connectivity index (χ1v) is 8.69. The second kappa shape index (κ2) is 7.25. The van der Waals surface area contributed by atoms with Gasteiger partial charge in [-0.15, -0.1) is 0 Å². The smallest absolute Gasteiger partial charge is 0.379 e. The van der Waals surface area contributed by atoms with Gasteiger partial charge in [-0.05, 0) is 48.0 Å². The molecule has 1 aromatic heterocycles. The molecule has 0 aliphatic carbocycles. The number of carbonyl (C=O) groups is 2. The standard InChI is InChI=1S/C21H14ClNO5/c1-26-19-10-12(4-7-17(19)28-21(25)18-3-2-8-27-18)9-15-14-6-5-13(22)11-16(14)23-20(15)24/h2-11H,1H3,(H,23,24)/b15-9-. The van der Waals surface area contributed by atoms with Gasteiger partial charge in [0.15, 0.2) is 11.5 Å². The number of ether oxygens (including phenoxy) is 2. The molecule has 1 aliphatic rings. The summed E-state index contributed by atoms with van der Waals surface area (Å²) in [6.07, 6.45) is 3.12. The lowest BCUT2D eigenvalue weighted by molar-refractivity contribution is -0.110. The first kappa shape index (κ1) is 17.9.